The molecule has 1 aliphatic rings. The second-order valence-electron chi connectivity index (χ2n) is 4.71. The molecule has 0 aromatic carbocycles. The molecule has 0 saturated carbocycles. The summed E-state index contributed by atoms with van der Waals surface area (Å²) in [5.41, 5.74) is 0. The Morgan fingerprint density at radius 1 is 1.47 bits per heavy atom. The number of piperidine rings is 1. The number of carboxylic acid groups (broad SMARTS) is 1. The highest BCUT2D eigenvalue weighted by Crippen LogP contribution is 2.18. The van der Waals surface area contributed by atoms with Crippen molar-refractivity contribution in [3.63, 3.8) is 0 Å². The first-order valence-corrected chi connectivity index (χ1v) is 7.22. The van der Waals surface area contributed by atoms with Gasteiger partial charge in [0.15, 0.2) is 0 Å². The van der Waals surface area contributed by atoms with E-state index in [2.05, 4.69) is 5.32 Å². The van der Waals surface area contributed by atoms with Crippen LogP contribution < -0.4 is 5.32 Å². The molecule has 0 radical (unpaired) electrons. The zero-order valence-electron chi connectivity index (χ0n) is 10.9. The van der Waals surface area contributed by atoms with Crippen LogP contribution in [0.15, 0.2) is 12.1 Å². The van der Waals surface area contributed by atoms with Crippen molar-refractivity contribution in [3.8, 4) is 0 Å². The summed E-state index contributed by atoms with van der Waals surface area (Å²) in [5, 5.41) is 11.9. The molecule has 1 aromatic rings. The maximum absolute atomic E-state index is 12.0. The van der Waals surface area contributed by atoms with E-state index in [1.54, 1.807) is 11.3 Å². The van der Waals surface area contributed by atoms with Crippen molar-refractivity contribution in [1.82, 2.24) is 10.2 Å². The molecule has 1 aliphatic heterocycles. The van der Waals surface area contributed by atoms with E-state index in [0.717, 1.165) is 17.7 Å². The molecule has 1 saturated heterocycles. The van der Waals surface area contributed by atoms with Gasteiger partial charge in [-0.15, -0.1) is 11.3 Å². The second kappa shape index (κ2) is 6.06. The minimum Gasteiger partial charge on any atom is -0.480 e. The molecule has 2 amide bonds. The van der Waals surface area contributed by atoms with E-state index < -0.39 is 12.0 Å². The average molecular weight is 282 g/mol. The maximum atomic E-state index is 12.0. The minimum atomic E-state index is -0.915. The van der Waals surface area contributed by atoms with Crippen LogP contribution in [-0.4, -0.2) is 34.6 Å². The molecular formula is C13H18N2O3S. The maximum Gasteiger partial charge on any atom is 0.326 e. The topological polar surface area (TPSA) is 69.6 Å². The Morgan fingerprint density at radius 3 is 2.89 bits per heavy atom. The van der Waals surface area contributed by atoms with Gasteiger partial charge in [-0.05, 0) is 38.3 Å². The molecule has 19 heavy (non-hydrogen) atoms. The first-order chi connectivity index (χ1) is 9.08. The Labute approximate surface area is 116 Å². The third kappa shape index (κ3) is 3.47. The first kappa shape index (κ1) is 13.9. The lowest BCUT2D eigenvalue weighted by molar-refractivity contribution is -0.143. The number of hydrogen-bond donors (Lipinski definition) is 2. The van der Waals surface area contributed by atoms with Crippen molar-refractivity contribution in [2.75, 3.05) is 6.54 Å². The quantitative estimate of drug-likeness (QED) is 0.893. The van der Waals surface area contributed by atoms with Gasteiger partial charge in [-0.3, -0.25) is 0 Å². The number of rotatable bonds is 3. The fraction of sp³-hybridized carbons (Fsp3) is 0.538. The number of carbonyl (C=O) groups excluding carboxylic acids is 1. The van der Waals surface area contributed by atoms with Gasteiger partial charge in [0.2, 0.25) is 0 Å². The van der Waals surface area contributed by atoms with Crippen molar-refractivity contribution < 1.29 is 14.7 Å². The van der Waals surface area contributed by atoms with Gasteiger partial charge < -0.3 is 15.3 Å². The summed E-state index contributed by atoms with van der Waals surface area (Å²) in [5.74, 6) is -0.915. The van der Waals surface area contributed by atoms with Gasteiger partial charge in [0.1, 0.15) is 6.04 Å². The van der Waals surface area contributed by atoms with Gasteiger partial charge in [0.05, 0.1) is 6.54 Å². The second-order valence-corrected chi connectivity index (χ2v) is 6.09. The van der Waals surface area contributed by atoms with Gasteiger partial charge in [0.25, 0.3) is 0 Å². The molecule has 1 unspecified atom stereocenters. The van der Waals surface area contributed by atoms with E-state index in [-0.39, 0.29) is 6.03 Å². The van der Waals surface area contributed by atoms with Gasteiger partial charge in [0, 0.05) is 16.3 Å². The lowest BCUT2D eigenvalue weighted by Crippen LogP contribution is -2.51. The predicted molar refractivity (Wildman–Crippen MR) is 73.3 cm³/mol. The number of hydrogen-bond acceptors (Lipinski definition) is 3. The Balaban J connectivity index is 1.92. The lowest BCUT2D eigenvalue weighted by Gasteiger charge is -2.32. The van der Waals surface area contributed by atoms with Crippen LogP contribution in [0.2, 0.25) is 0 Å². The van der Waals surface area contributed by atoms with Crippen LogP contribution in [0, 0.1) is 6.92 Å². The van der Waals surface area contributed by atoms with Gasteiger partial charge in [-0.1, -0.05) is 0 Å². The van der Waals surface area contributed by atoms with E-state index in [1.165, 1.54) is 9.78 Å². The number of carbonyl (C=O) groups is 2. The first-order valence-electron chi connectivity index (χ1n) is 6.40. The minimum absolute atomic E-state index is 0.279. The van der Waals surface area contributed by atoms with Crippen LogP contribution in [-0.2, 0) is 11.3 Å². The number of likely N-dealkylation sites (tertiary alicyclic amines) is 1. The van der Waals surface area contributed by atoms with Crippen molar-refractivity contribution in [2.45, 2.75) is 38.8 Å². The number of amides is 2. The third-order valence-corrected chi connectivity index (χ3v) is 4.26. The fourth-order valence-corrected chi connectivity index (χ4v) is 3.11. The number of aryl methyl sites for hydroxylation is 1. The molecule has 1 fully saturated rings. The van der Waals surface area contributed by atoms with E-state index >= 15 is 0 Å². The molecule has 0 spiro atoms. The van der Waals surface area contributed by atoms with E-state index in [4.69, 9.17) is 5.11 Å². The Morgan fingerprint density at radius 2 is 2.26 bits per heavy atom. The molecule has 1 atom stereocenters. The number of carboxylic acids is 1. The van der Waals surface area contributed by atoms with E-state index in [0.29, 0.717) is 19.5 Å². The molecular weight excluding hydrogens is 264 g/mol. The third-order valence-electron chi connectivity index (χ3n) is 3.26. The molecule has 104 valence electrons. The highest BCUT2D eigenvalue weighted by atomic mass is 32.1. The molecule has 1 aromatic heterocycles. The number of nitrogens with one attached hydrogen (secondary N) is 1. The Hall–Kier alpha value is -1.56. The molecule has 2 heterocycles. The zero-order valence-corrected chi connectivity index (χ0v) is 11.7. The Bertz CT molecular complexity index is 472. The smallest absolute Gasteiger partial charge is 0.326 e. The fourth-order valence-electron chi connectivity index (χ4n) is 2.28. The van der Waals surface area contributed by atoms with Gasteiger partial charge in [-0.25, -0.2) is 9.59 Å². The van der Waals surface area contributed by atoms with Crippen LogP contribution in [0.5, 0.6) is 0 Å². The monoisotopic (exact) mass is 282 g/mol. The van der Waals surface area contributed by atoms with Crippen LogP contribution in [0.1, 0.15) is 29.0 Å². The van der Waals surface area contributed by atoms with Crippen molar-refractivity contribution in [3.05, 3.63) is 21.9 Å². The largest absolute Gasteiger partial charge is 0.480 e. The number of thiophene rings is 1. The molecule has 0 aliphatic carbocycles. The summed E-state index contributed by atoms with van der Waals surface area (Å²) in [6.07, 6.45) is 2.28. The molecule has 0 bridgehead atoms. The van der Waals surface area contributed by atoms with Crippen molar-refractivity contribution in [2.24, 2.45) is 0 Å². The van der Waals surface area contributed by atoms with Gasteiger partial charge in [-0.2, -0.15) is 0 Å². The lowest BCUT2D eigenvalue weighted by atomic mass is 10.0. The number of urea groups is 1. The summed E-state index contributed by atoms with van der Waals surface area (Å²) >= 11 is 1.63. The van der Waals surface area contributed by atoms with Crippen molar-refractivity contribution >= 4 is 23.3 Å². The zero-order chi connectivity index (χ0) is 13.8. The van der Waals surface area contributed by atoms with Crippen LogP contribution in [0.3, 0.4) is 0 Å². The highest BCUT2D eigenvalue weighted by Gasteiger charge is 2.31. The normalized spacial score (nSPS) is 19.2. The Kier molecular flexibility index (Phi) is 4.42. The van der Waals surface area contributed by atoms with Crippen LogP contribution in [0.25, 0.3) is 0 Å². The summed E-state index contributed by atoms with van der Waals surface area (Å²) < 4.78 is 0. The SMILES string of the molecule is Cc1ccc(CNC(=O)N2CCCCC2C(=O)O)s1. The standard InChI is InChI=1S/C13H18N2O3S/c1-9-5-6-10(19-9)8-14-13(18)15-7-3-2-4-11(15)12(16)17/h5-6,11H,2-4,7-8H2,1H3,(H,14,18)(H,16,17). The number of nitrogens with zero attached hydrogens (tertiary/aromatic N) is 1. The molecule has 5 nitrogen and oxygen atoms in total. The molecule has 6 heteroatoms. The molecule has 2 rings (SSSR count). The van der Waals surface area contributed by atoms with E-state index in [9.17, 15) is 9.59 Å². The summed E-state index contributed by atoms with van der Waals surface area (Å²) in [7, 11) is 0. The summed E-state index contributed by atoms with van der Waals surface area (Å²) in [6, 6.07) is 3.02. The van der Waals surface area contributed by atoms with Gasteiger partial charge >= 0.3 is 12.0 Å². The average Bonchev–Trinajstić information content (AvgIpc) is 2.81. The van der Waals surface area contributed by atoms with E-state index in [1.807, 2.05) is 19.1 Å². The predicted octanol–water partition coefficient (Wildman–Crippen LogP) is 2.21. The number of aliphatic carboxylic acids is 1. The molecule has 2 N–H and O–H groups in total. The van der Waals surface area contributed by atoms with Crippen LogP contribution >= 0.6 is 11.3 Å². The summed E-state index contributed by atoms with van der Waals surface area (Å²) in [6.45, 7) is 2.99. The van der Waals surface area contributed by atoms with Crippen LogP contribution in [0.4, 0.5) is 4.79 Å². The highest BCUT2D eigenvalue weighted by molar-refractivity contribution is 7.11. The van der Waals surface area contributed by atoms with Crippen molar-refractivity contribution in [1.29, 1.82) is 0 Å². The summed E-state index contributed by atoms with van der Waals surface area (Å²) in [4.78, 5) is 26.9.